The quantitative estimate of drug-likeness (QED) is 0.202. The van der Waals surface area contributed by atoms with Crippen LogP contribution in [0.4, 0.5) is 0 Å². The Morgan fingerprint density at radius 1 is 0.622 bits per heavy atom. The topological polar surface area (TPSA) is 199 Å². The van der Waals surface area contributed by atoms with Gasteiger partial charge in [0.15, 0.2) is 0 Å². The Kier molecular flexibility index (Phi) is 10.6. The first-order valence-electron chi connectivity index (χ1n) is 11.1. The molecule has 0 saturated heterocycles. The van der Waals surface area contributed by atoms with Crippen LogP contribution in [0.3, 0.4) is 0 Å². The Morgan fingerprint density at radius 2 is 0.946 bits per heavy atom. The summed E-state index contributed by atoms with van der Waals surface area (Å²) in [6.45, 7) is -2.35. The van der Waals surface area contributed by atoms with Crippen molar-refractivity contribution in [3.05, 3.63) is 24.3 Å². The number of hydrogen-bond donors (Lipinski definition) is 2. The SMILES string of the molecule is O=C(O)CCN(CCC(=O)O)C(=O)COCC(=O)N(CCN1C(=O)C=CC1=O)CCN1C(=O)C=CC1=O. The van der Waals surface area contributed by atoms with Crippen molar-refractivity contribution < 1.29 is 53.3 Å². The van der Waals surface area contributed by atoms with Crippen LogP contribution in [0, 0.1) is 0 Å². The van der Waals surface area contributed by atoms with E-state index >= 15 is 0 Å². The van der Waals surface area contributed by atoms with E-state index in [-0.39, 0.29) is 39.3 Å². The molecule has 200 valence electrons. The molecule has 0 spiro atoms. The summed E-state index contributed by atoms with van der Waals surface area (Å²) in [7, 11) is 0. The number of carboxylic acid groups (broad SMARTS) is 2. The molecule has 0 aromatic carbocycles. The maximum atomic E-state index is 12.8. The summed E-state index contributed by atoms with van der Waals surface area (Å²) >= 11 is 0. The Balaban J connectivity index is 1.94. The molecule has 0 aromatic rings. The van der Waals surface area contributed by atoms with Gasteiger partial charge in [-0.3, -0.25) is 48.2 Å². The second kappa shape index (κ2) is 13.6. The highest BCUT2D eigenvalue weighted by molar-refractivity contribution is 6.13. The minimum Gasteiger partial charge on any atom is -0.481 e. The van der Waals surface area contributed by atoms with Gasteiger partial charge in [-0.1, -0.05) is 0 Å². The van der Waals surface area contributed by atoms with E-state index in [0.29, 0.717) is 0 Å². The number of ether oxygens (including phenoxy) is 1. The average molecular weight is 522 g/mol. The summed E-state index contributed by atoms with van der Waals surface area (Å²) in [4.78, 5) is 97.9. The van der Waals surface area contributed by atoms with E-state index < -0.39 is 73.4 Å². The molecule has 0 aliphatic carbocycles. The molecule has 2 heterocycles. The van der Waals surface area contributed by atoms with Gasteiger partial charge in [0.1, 0.15) is 13.2 Å². The number of aliphatic carboxylic acids is 2. The number of nitrogens with zero attached hydrogens (tertiary/aromatic N) is 4. The monoisotopic (exact) mass is 522 g/mol. The summed E-state index contributed by atoms with van der Waals surface area (Å²) in [5.41, 5.74) is 0. The third-order valence-corrected chi connectivity index (χ3v) is 5.34. The van der Waals surface area contributed by atoms with Crippen LogP contribution in [0.25, 0.3) is 0 Å². The van der Waals surface area contributed by atoms with Gasteiger partial charge in [-0.05, 0) is 0 Å². The zero-order valence-corrected chi connectivity index (χ0v) is 19.7. The van der Waals surface area contributed by atoms with Gasteiger partial charge < -0.3 is 24.7 Å². The number of carboxylic acids is 2. The van der Waals surface area contributed by atoms with E-state index in [2.05, 4.69) is 0 Å². The zero-order valence-electron chi connectivity index (χ0n) is 19.7. The van der Waals surface area contributed by atoms with Crippen molar-refractivity contribution >= 4 is 47.4 Å². The second-order valence-corrected chi connectivity index (χ2v) is 7.86. The Bertz CT molecular complexity index is 936. The zero-order chi connectivity index (χ0) is 27.5. The van der Waals surface area contributed by atoms with Crippen LogP contribution in [0.1, 0.15) is 12.8 Å². The van der Waals surface area contributed by atoms with Crippen LogP contribution in [0.5, 0.6) is 0 Å². The lowest BCUT2D eigenvalue weighted by atomic mass is 10.3. The number of carbonyl (C=O) groups excluding carboxylic acids is 6. The van der Waals surface area contributed by atoms with Crippen molar-refractivity contribution in [2.24, 2.45) is 0 Å². The first kappa shape index (κ1) is 28.8. The first-order valence-corrected chi connectivity index (χ1v) is 11.1. The van der Waals surface area contributed by atoms with Gasteiger partial charge in [-0.2, -0.15) is 0 Å². The maximum absolute atomic E-state index is 12.8. The molecular formula is C22H26N4O11. The summed E-state index contributed by atoms with van der Waals surface area (Å²) < 4.78 is 5.16. The molecule has 0 bridgehead atoms. The molecule has 0 aromatic heterocycles. The molecule has 15 nitrogen and oxygen atoms in total. The highest BCUT2D eigenvalue weighted by Gasteiger charge is 2.27. The molecule has 0 radical (unpaired) electrons. The molecule has 0 saturated carbocycles. The van der Waals surface area contributed by atoms with Gasteiger partial charge >= 0.3 is 11.9 Å². The van der Waals surface area contributed by atoms with Gasteiger partial charge in [0, 0.05) is 63.6 Å². The van der Waals surface area contributed by atoms with Crippen LogP contribution in [-0.2, 0) is 43.1 Å². The smallest absolute Gasteiger partial charge is 0.305 e. The van der Waals surface area contributed by atoms with E-state index in [1.54, 1.807) is 0 Å². The minimum atomic E-state index is -1.19. The predicted molar refractivity (Wildman–Crippen MR) is 120 cm³/mol. The number of rotatable bonds is 16. The summed E-state index contributed by atoms with van der Waals surface area (Å²) in [6, 6.07) is 0. The molecule has 6 amide bonds. The van der Waals surface area contributed by atoms with Gasteiger partial charge in [0.05, 0.1) is 12.8 Å². The molecule has 0 fully saturated rings. The summed E-state index contributed by atoms with van der Waals surface area (Å²) in [5.74, 6) is -6.00. The first-order chi connectivity index (χ1) is 17.5. The largest absolute Gasteiger partial charge is 0.481 e. The lowest BCUT2D eigenvalue weighted by Crippen LogP contribution is -2.46. The fourth-order valence-electron chi connectivity index (χ4n) is 3.34. The highest BCUT2D eigenvalue weighted by atomic mass is 16.5. The van der Waals surface area contributed by atoms with Crippen molar-refractivity contribution in [2.45, 2.75) is 12.8 Å². The van der Waals surface area contributed by atoms with E-state index in [1.165, 1.54) is 0 Å². The fraction of sp³-hybridized carbons (Fsp3) is 0.455. The molecule has 2 aliphatic heterocycles. The van der Waals surface area contributed by atoms with E-state index in [4.69, 9.17) is 14.9 Å². The molecule has 2 aliphatic rings. The minimum absolute atomic E-state index is 0.137. The summed E-state index contributed by atoms with van der Waals surface area (Å²) in [6.07, 6.45) is 3.50. The average Bonchev–Trinajstić information content (AvgIpc) is 3.33. The standard InChI is InChI=1S/C22H26N4O11/c27-15-1-2-16(28)25(15)11-9-24(10-12-26-17(29)3-4-18(26)30)20(32)14-37-13-19(31)23(7-5-21(33)34)8-6-22(35)36/h1-4H,5-14H2,(H,33,34)(H,35,36). The molecule has 2 rings (SSSR count). The van der Waals surface area contributed by atoms with Crippen LogP contribution in [0.2, 0.25) is 0 Å². The van der Waals surface area contributed by atoms with Crippen molar-refractivity contribution in [3.8, 4) is 0 Å². The normalized spacial score (nSPS) is 14.6. The lowest BCUT2D eigenvalue weighted by Gasteiger charge is -2.27. The van der Waals surface area contributed by atoms with E-state index in [9.17, 15) is 38.4 Å². The number of imide groups is 2. The molecule has 2 N–H and O–H groups in total. The predicted octanol–water partition coefficient (Wildman–Crippen LogP) is -2.54. The second-order valence-electron chi connectivity index (χ2n) is 7.86. The highest BCUT2D eigenvalue weighted by Crippen LogP contribution is 2.07. The number of hydrogen-bond acceptors (Lipinski definition) is 9. The van der Waals surface area contributed by atoms with Crippen LogP contribution in [-0.4, -0.2) is 130 Å². The number of carbonyl (C=O) groups is 8. The van der Waals surface area contributed by atoms with Gasteiger partial charge in [-0.15, -0.1) is 0 Å². The fourth-order valence-corrected chi connectivity index (χ4v) is 3.34. The Labute approximate surface area is 210 Å². The third-order valence-electron chi connectivity index (χ3n) is 5.34. The third kappa shape index (κ3) is 8.96. The van der Waals surface area contributed by atoms with Crippen molar-refractivity contribution in [2.75, 3.05) is 52.5 Å². The van der Waals surface area contributed by atoms with Gasteiger partial charge in [-0.25, -0.2) is 0 Å². The van der Waals surface area contributed by atoms with Crippen LogP contribution in [0.15, 0.2) is 24.3 Å². The molecule has 0 unspecified atom stereocenters. The Hall–Kier alpha value is -4.40. The van der Waals surface area contributed by atoms with Crippen molar-refractivity contribution in [1.29, 1.82) is 0 Å². The molecule has 37 heavy (non-hydrogen) atoms. The molecular weight excluding hydrogens is 496 g/mol. The molecule has 0 atom stereocenters. The molecule has 15 heteroatoms. The Morgan fingerprint density at radius 3 is 1.27 bits per heavy atom. The van der Waals surface area contributed by atoms with Gasteiger partial charge in [0.25, 0.3) is 23.6 Å². The summed E-state index contributed by atoms with van der Waals surface area (Å²) in [5, 5.41) is 17.6. The van der Waals surface area contributed by atoms with E-state index in [1.807, 2.05) is 0 Å². The van der Waals surface area contributed by atoms with Crippen LogP contribution < -0.4 is 0 Å². The van der Waals surface area contributed by atoms with Crippen molar-refractivity contribution in [1.82, 2.24) is 19.6 Å². The van der Waals surface area contributed by atoms with Gasteiger partial charge in [0.2, 0.25) is 11.8 Å². The lowest BCUT2D eigenvalue weighted by molar-refractivity contribution is -0.146. The van der Waals surface area contributed by atoms with Crippen LogP contribution >= 0.6 is 0 Å². The maximum Gasteiger partial charge on any atom is 0.305 e. The van der Waals surface area contributed by atoms with Crippen molar-refractivity contribution in [3.63, 3.8) is 0 Å². The number of amides is 6. The van der Waals surface area contributed by atoms with E-state index in [0.717, 1.165) is 43.9 Å².